The van der Waals surface area contributed by atoms with Gasteiger partial charge in [0.1, 0.15) is 12.2 Å². The fourth-order valence-corrected chi connectivity index (χ4v) is 4.09. The van der Waals surface area contributed by atoms with E-state index in [0.717, 1.165) is 9.58 Å². The van der Waals surface area contributed by atoms with Gasteiger partial charge in [-0.2, -0.15) is 5.10 Å². The van der Waals surface area contributed by atoms with Crippen LogP contribution in [0.2, 0.25) is 5.02 Å². The van der Waals surface area contributed by atoms with E-state index in [1.165, 1.54) is 31.3 Å². The molecule has 2 aromatic heterocycles. The fourth-order valence-electron chi connectivity index (χ4n) is 3.90. The van der Waals surface area contributed by atoms with Crippen LogP contribution in [-0.4, -0.2) is 53.2 Å². The molecule has 14 heteroatoms. The Balaban J connectivity index is 1.52. The fraction of sp³-hybridized carbons (Fsp3) is 0.200. The lowest BCUT2D eigenvalue weighted by Crippen LogP contribution is -2.35. The number of benzene rings is 2. The highest BCUT2D eigenvalue weighted by Gasteiger charge is 2.43. The second-order valence-electron chi connectivity index (χ2n) is 8.41. The van der Waals surface area contributed by atoms with E-state index in [4.69, 9.17) is 21.1 Å². The molecule has 0 aliphatic carbocycles. The molecule has 4 aromatic rings. The molecule has 0 bridgehead atoms. The SMILES string of the molecule is CN(C(=O)Cn1nc(-c2cccc(Cl)c2)c2oc(C(=O)NCCO)cc2c1=O)c1ccc2c(c1)OC(F)(F)O2. The van der Waals surface area contributed by atoms with E-state index >= 15 is 0 Å². The number of halogens is 3. The predicted octanol–water partition coefficient (Wildman–Crippen LogP) is 3.02. The van der Waals surface area contributed by atoms with Crippen molar-refractivity contribution >= 4 is 40.1 Å². The number of anilines is 1. The minimum Gasteiger partial charge on any atom is -0.448 e. The summed E-state index contributed by atoms with van der Waals surface area (Å²) in [7, 11) is 1.39. The van der Waals surface area contributed by atoms with E-state index in [1.54, 1.807) is 24.3 Å². The molecule has 202 valence electrons. The van der Waals surface area contributed by atoms with Gasteiger partial charge in [0.15, 0.2) is 22.8 Å². The Morgan fingerprint density at radius 2 is 1.92 bits per heavy atom. The van der Waals surface area contributed by atoms with Gasteiger partial charge in [0.25, 0.3) is 11.5 Å². The summed E-state index contributed by atoms with van der Waals surface area (Å²) >= 11 is 6.14. The lowest BCUT2D eigenvalue weighted by molar-refractivity contribution is -0.286. The molecule has 0 fully saturated rings. The first kappa shape index (κ1) is 26.1. The number of nitrogens with one attached hydrogen (secondary N) is 1. The molecular formula is C25H19ClF2N4O7. The third-order valence-electron chi connectivity index (χ3n) is 5.78. The smallest absolute Gasteiger partial charge is 0.448 e. The highest BCUT2D eigenvalue weighted by atomic mass is 35.5. The summed E-state index contributed by atoms with van der Waals surface area (Å²) in [6.45, 7) is -0.867. The van der Waals surface area contributed by atoms with Gasteiger partial charge in [-0.1, -0.05) is 23.7 Å². The second kappa shape index (κ2) is 10.0. The number of furan rings is 1. The van der Waals surface area contributed by atoms with E-state index < -0.39 is 30.2 Å². The zero-order chi connectivity index (χ0) is 27.9. The Hall–Kier alpha value is -4.49. The summed E-state index contributed by atoms with van der Waals surface area (Å²) in [4.78, 5) is 40.0. The molecule has 2 aromatic carbocycles. The van der Waals surface area contributed by atoms with Crippen LogP contribution >= 0.6 is 11.6 Å². The summed E-state index contributed by atoms with van der Waals surface area (Å²) in [5, 5.41) is 16.1. The van der Waals surface area contributed by atoms with Crippen LogP contribution in [0.3, 0.4) is 0 Å². The number of ether oxygens (including phenoxy) is 2. The highest BCUT2D eigenvalue weighted by Crippen LogP contribution is 2.42. The molecule has 5 rings (SSSR count). The molecule has 2 N–H and O–H groups in total. The minimum absolute atomic E-state index is 0.00479. The Kier molecular flexibility index (Phi) is 6.70. The van der Waals surface area contributed by atoms with E-state index in [2.05, 4.69) is 19.9 Å². The van der Waals surface area contributed by atoms with Crippen molar-refractivity contribution in [1.82, 2.24) is 15.1 Å². The number of hydrogen-bond acceptors (Lipinski definition) is 8. The van der Waals surface area contributed by atoms with Crippen LogP contribution in [0.15, 0.2) is 57.7 Å². The maximum atomic E-state index is 13.4. The number of fused-ring (bicyclic) bond motifs is 2. The number of likely N-dealkylation sites (N-methyl/N-ethyl adjacent to an activating group) is 1. The minimum atomic E-state index is -3.81. The Labute approximate surface area is 223 Å². The molecule has 3 heterocycles. The van der Waals surface area contributed by atoms with E-state index in [0.29, 0.717) is 10.6 Å². The van der Waals surface area contributed by atoms with Gasteiger partial charge in [0.2, 0.25) is 5.91 Å². The first-order chi connectivity index (χ1) is 18.6. The highest BCUT2D eigenvalue weighted by molar-refractivity contribution is 6.30. The summed E-state index contributed by atoms with van der Waals surface area (Å²) in [5.74, 6) is -1.90. The van der Waals surface area contributed by atoms with Crippen LogP contribution in [0, 0.1) is 0 Å². The van der Waals surface area contributed by atoms with E-state index in [-0.39, 0.29) is 52.8 Å². The number of carbonyl (C=O) groups excluding carboxylic acids is 2. The largest absolute Gasteiger partial charge is 0.586 e. The molecule has 1 aliphatic heterocycles. The first-order valence-electron chi connectivity index (χ1n) is 11.4. The number of alkyl halides is 2. The molecule has 0 saturated carbocycles. The molecule has 0 radical (unpaired) electrons. The van der Waals surface area contributed by atoms with Crippen molar-refractivity contribution in [2.24, 2.45) is 0 Å². The van der Waals surface area contributed by atoms with Gasteiger partial charge < -0.3 is 29.2 Å². The van der Waals surface area contributed by atoms with Gasteiger partial charge >= 0.3 is 6.29 Å². The van der Waals surface area contributed by atoms with Crippen LogP contribution < -0.4 is 25.2 Å². The summed E-state index contributed by atoms with van der Waals surface area (Å²) in [5.41, 5.74) is 0.0952. The number of aliphatic hydroxyl groups excluding tert-OH is 1. The maximum absolute atomic E-state index is 13.4. The molecule has 0 atom stereocenters. The topological polar surface area (TPSA) is 136 Å². The monoisotopic (exact) mass is 560 g/mol. The van der Waals surface area contributed by atoms with Gasteiger partial charge in [0.05, 0.1) is 12.0 Å². The normalized spacial score (nSPS) is 13.5. The van der Waals surface area contributed by atoms with Crippen LogP contribution in [0.25, 0.3) is 22.2 Å². The van der Waals surface area contributed by atoms with Gasteiger partial charge in [0, 0.05) is 42.0 Å². The molecular weight excluding hydrogens is 542 g/mol. The summed E-state index contributed by atoms with van der Waals surface area (Å²) in [6, 6.07) is 11.6. The van der Waals surface area contributed by atoms with Gasteiger partial charge in [-0.15, -0.1) is 8.78 Å². The zero-order valence-corrected chi connectivity index (χ0v) is 20.9. The lowest BCUT2D eigenvalue weighted by Gasteiger charge is -2.18. The number of aliphatic hydroxyl groups is 1. The summed E-state index contributed by atoms with van der Waals surface area (Å²) in [6.07, 6.45) is -3.81. The summed E-state index contributed by atoms with van der Waals surface area (Å²) < 4.78 is 42.2. The Morgan fingerprint density at radius 1 is 1.15 bits per heavy atom. The molecule has 0 saturated heterocycles. The first-order valence-corrected chi connectivity index (χ1v) is 11.8. The Bertz CT molecular complexity index is 1670. The number of rotatable bonds is 7. The molecule has 1 aliphatic rings. The van der Waals surface area contributed by atoms with Gasteiger partial charge in [-0.05, 0) is 24.3 Å². The zero-order valence-electron chi connectivity index (χ0n) is 20.1. The third-order valence-corrected chi connectivity index (χ3v) is 6.02. The Morgan fingerprint density at radius 3 is 2.67 bits per heavy atom. The maximum Gasteiger partial charge on any atom is 0.586 e. The average Bonchev–Trinajstić information content (AvgIpc) is 3.48. The number of aromatic nitrogens is 2. The van der Waals surface area contributed by atoms with Crippen molar-refractivity contribution in [1.29, 1.82) is 0 Å². The van der Waals surface area contributed by atoms with E-state index in [9.17, 15) is 23.2 Å². The third kappa shape index (κ3) is 5.13. The van der Waals surface area contributed by atoms with Crippen molar-refractivity contribution in [2.45, 2.75) is 12.8 Å². The van der Waals surface area contributed by atoms with Gasteiger partial charge in [-0.3, -0.25) is 14.4 Å². The van der Waals surface area contributed by atoms with Gasteiger partial charge in [-0.25, -0.2) is 4.68 Å². The molecule has 0 spiro atoms. The van der Waals surface area contributed by atoms with Crippen LogP contribution in [0.5, 0.6) is 11.5 Å². The average molecular weight is 561 g/mol. The number of carbonyl (C=O) groups is 2. The molecule has 11 nitrogen and oxygen atoms in total. The molecule has 2 amide bonds. The van der Waals surface area contributed by atoms with Crippen molar-refractivity contribution < 1.29 is 37.4 Å². The molecule has 39 heavy (non-hydrogen) atoms. The number of nitrogens with zero attached hydrogens (tertiary/aromatic N) is 3. The quantitative estimate of drug-likeness (QED) is 0.352. The van der Waals surface area contributed by atoms with Crippen LogP contribution in [-0.2, 0) is 11.3 Å². The van der Waals surface area contributed by atoms with Crippen LogP contribution in [0.1, 0.15) is 10.6 Å². The van der Waals surface area contributed by atoms with Crippen LogP contribution in [0.4, 0.5) is 14.5 Å². The lowest BCUT2D eigenvalue weighted by atomic mass is 10.1. The molecule has 0 unspecified atom stereocenters. The van der Waals surface area contributed by atoms with E-state index in [1.807, 2.05) is 0 Å². The standard InChI is InChI=1S/C25H19ClF2N4O7/c1-31(15-5-6-17-18(10-15)39-25(27,28)38-17)20(34)12-32-24(36)16-11-19(23(35)29-7-8-33)37-22(16)21(30-32)13-3-2-4-14(26)9-13/h2-6,9-11,33H,7-8,12H2,1H3,(H,29,35). The van der Waals surface area contributed by atoms with Crippen molar-refractivity contribution in [3.8, 4) is 22.8 Å². The van der Waals surface area contributed by atoms with Crippen molar-refractivity contribution in [2.75, 3.05) is 25.1 Å². The second-order valence-corrected chi connectivity index (χ2v) is 8.84. The number of amides is 2. The van der Waals surface area contributed by atoms with Crippen molar-refractivity contribution in [3.05, 3.63) is 69.7 Å². The van der Waals surface area contributed by atoms with Crippen molar-refractivity contribution in [3.63, 3.8) is 0 Å². The number of hydrogen-bond donors (Lipinski definition) is 2. The predicted molar refractivity (Wildman–Crippen MR) is 134 cm³/mol.